The first-order valence-electron chi connectivity index (χ1n) is 10.3. The second-order valence-corrected chi connectivity index (χ2v) is 7.99. The number of rotatable bonds is 6. The van der Waals surface area contributed by atoms with Gasteiger partial charge in [0.05, 0.1) is 17.9 Å². The van der Waals surface area contributed by atoms with Gasteiger partial charge in [-0.15, -0.1) is 10.2 Å². The smallest absolute Gasteiger partial charge is 0.247 e. The van der Waals surface area contributed by atoms with Crippen LogP contribution in [0.25, 0.3) is 11.3 Å². The van der Waals surface area contributed by atoms with Gasteiger partial charge in [-0.25, -0.2) is 0 Å². The van der Waals surface area contributed by atoms with Gasteiger partial charge < -0.3 is 9.47 Å². The lowest BCUT2D eigenvalue weighted by molar-refractivity contribution is -0.120. The van der Waals surface area contributed by atoms with Crippen molar-refractivity contribution in [1.29, 1.82) is 0 Å². The molecule has 31 heavy (non-hydrogen) atoms. The Balaban J connectivity index is 1.96. The summed E-state index contributed by atoms with van der Waals surface area (Å²) in [5.41, 5.74) is 2.72. The highest BCUT2D eigenvalue weighted by Gasteiger charge is 2.36. The van der Waals surface area contributed by atoms with E-state index in [0.717, 1.165) is 16.9 Å². The first kappa shape index (κ1) is 21.1. The average Bonchev–Trinajstić information content (AvgIpc) is 2.94. The molecule has 0 bridgehead atoms. The van der Waals surface area contributed by atoms with Gasteiger partial charge in [-0.3, -0.25) is 9.69 Å². The third-order valence-electron chi connectivity index (χ3n) is 4.84. The van der Waals surface area contributed by atoms with Crippen molar-refractivity contribution >= 4 is 23.4 Å². The lowest BCUT2D eigenvalue weighted by Crippen LogP contribution is -2.37. The summed E-state index contributed by atoms with van der Waals surface area (Å²) in [6.45, 7) is 6.29. The molecule has 1 aliphatic rings. The Kier molecular flexibility index (Phi) is 6.36. The number of thioether (sulfide) groups is 1. The molecule has 1 aliphatic heterocycles. The van der Waals surface area contributed by atoms with E-state index in [1.807, 2.05) is 69.3 Å². The van der Waals surface area contributed by atoms with Gasteiger partial charge >= 0.3 is 0 Å². The van der Waals surface area contributed by atoms with E-state index in [0.29, 0.717) is 41.2 Å². The van der Waals surface area contributed by atoms with Crippen LogP contribution in [-0.2, 0) is 4.79 Å². The Morgan fingerprint density at radius 3 is 2.65 bits per heavy atom. The molecule has 1 unspecified atom stereocenters. The van der Waals surface area contributed by atoms with Gasteiger partial charge in [-0.1, -0.05) is 55.9 Å². The molecule has 0 saturated carbocycles. The summed E-state index contributed by atoms with van der Waals surface area (Å²) >= 11 is 1.49. The van der Waals surface area contributed by atoms with E-state index in [1.54, 1.807) is 4.90 Å². The maximum Gasteiger partial charge on any atom is 0.247 e. The lowest BCUT2D eigenvalue weighted by atomic mass is 10.1. The fourth-order valence-electron chi connectivity index (χ4n) is 3.52. The van der Waals surface area contributed by atoms with Crippen molar-refractivity contribution in [2.45, 2.75) is 38.6 Å². The van der Waals surface area contributed by atoms with Gasteiger partial charge in [-0.2, -0.15) is 4.98 Å². The molecule has 3 aromatic rings. The summed E-state index contributed by atoms with van der Waals surface area (Å²) in [4.78, 5) is 19.5. The molecule has 1 atom stereocenters. The summed E-state index contributed by atoms with van der Waals surface area (Å²) < 4.78 is 12.3. The zero-order chi connectivity index (χ0) is 21.8. The number of carbonyl (C=O) groups excluding carboxylic acids is 1. The highest BCUT2D eigenvalue weighted by molar-refractivity contribution is 7.99. The fourth-order valence-corrected chi connectivity index (χ4v) is 4.02. The molecule has 1 amide bonds. The highest BCUT2D eigenvalue weighted by Crippen LogP contribution is 2.45. The second kappa shape index (κ2) is 9.34. The number of benzene rings is 2. The minimum Gasteiger partial charge on any atom is -0.493 e. The van der Waals surface area contributed by atoms with Crippen molar-refractivity contribution < 1.29 is 14.3 Å². The third kappa shape index (κ3) is 4.07. The molecule has 160 valence electrons. The van der Waals surface area contributed by atoms with Crippen LogP contribution in [0.15, 0.2) is 53.7 Å². The maximum absolute atomic E-state index is 13.2. The van der Waals surface area contributed by atoms with Gasteiger partial charge in [0, 0.05) is 12.0 Å². The van der Waals surface area contributed by atoms with E-state index < -0.39 is 6.23 Å². The van der Waals surface area contributed by atoms with Crippen molar-refractivity contribution in [3.8, 4) is 22.9 Å². The van der Waals surface area contributed by atoms with E-state index in [-0.39, 0.29) is 5.91 Å². The Morgan fingerprint density at radius 2 is 1.87 bits per heavy atom. The van der Waals surface area contributed by atoms with Crippen LogP contribution >= 0.6 is 11.8 Å². The number of para-hydroxylation sites is 2. The zero-order valence-corrected chi connectivity index (χ0v) is 18.6. The van der Waals surface area contributed by atoms with Crippen LogP contribution in [0.1, 0.15) is 39.0 Å². The summed E-state index contributed by atoms with van der Waals surface area (Å²) in [6.07, 6.45) is -0.439. The van der Waals surface area contributed by atoms with Gasteiger partial charge in [0.25, 0.3) is 0 Å². The number of nitrogens with zero attached hydrogens (tertiary/aromatic N) is 4. The molecule has 2 heterocycles. The van der Waals surface area contributed by atoms with E-state index in [1.165, 1.54) is 11.8 Å². The Hall–Kier alpha value is -3.13. The predicted octanol–water partition coefficient (Wildman–Crippen LogP) is 4.88. The van der Waals surface area contributed by atoms with E-state index >= 15 is 0 Å². The molecule has 2 aromatic carbocycles. The molecule has 0 saturated heterocycles. The van der Waals surface area contributed by atoms with Crippen molar-refractivity contribution in [1.82, 2.24) is 15.2 Å². The minimum atomic E-state index is -0.756. The summed E-state index contributed by atoms with van der Waals surface area (Å²) in [6, 6.07) is 15.2. The van der Waals surface area contributed by atoms with Crippen LogP contribution in [-0.4, -0.2) is 33.4 Å². The molecule has 0 N–H and O–H groups in total. The molecule has 0 spiro atoms. The largest absolute Gasteiger partial charge is 0.493 e. The van der Waals surface area contributed by atoms with Crippen LogP contribution in [0.2, 0.25) is 0 Å². The molecule has 1 aromatic heterocycles. The van der Waals surface area contributed by atoms with E-state index in [2.05, 4.69) is 15.2 Å². The molecule has 7 nitrogen and oxygen atoms in total. The fraction of sp³-hybridized carbons (Fsp3) is 0.304. The molecule has 8 heteroatoms. The van der Waals surface area contributed by atoms with Gasteiger partial charge in [-0.05, 0) is 30.9 Å². The highest BCUT2D eigenvalue weighted by atomic mass is 32.2. The minimum absolute atomic E-state index is 0.0762. The number of hydrogen-bond acceptors (Lipinski definition) is 7. The van der Waals surface area contributed by atoms with Gasteiger partial charge in [0.1, 0.15) is 5.75 Å². The second-order valence-electron chi connectivity index (χ2n) is 6.76. The first-order chi connectivity index (χ1) is 15.2. The zero-order valence-electron chi connectivity index (χ0n) is 17.7. The van der Waals surface area contributed by atoms with Crippen LogP contribution in [0.3, 0.4) is 0 Å². The molecule has 0 fully saturated rings. The van der Waals surface area contributed by atoms with Crippen LogP contribution in [0, 0.1) is 0 Å². The van der Waals surface area contributed by atoms with Crippen molar-refractivity contribution in [3.05, 3.63) is 54.1 Å². The Bertz CT molecular complexity index is 1090. The number of ether oxygens (including phenoxy) is 2. The van der Waals surface area contributed by atoms with Crippen molar-refractivity contribution in [2.75, 3.05) is 17.3 Å². The molecule has 0 radical (unpaired) electrons. The van der Waals surface area contributed by atoms with Gasteiger partial charge in [0.15, 0.2) is 5.69 Å². The summed E-state index contributed by atoms with van der Waals surface area (Å²) in [5.74, 6) is 1.75. The maximum atomic E-state index is 13.2. The summed E-state index contributed by atoms with van der Waals surface area (Å²) in [7, 11) is 0. The Labute approximate surface area is 185 Å². The van der Waals surface area contributed by atoms with Gasteiger partial charge in [0.2, 0.25) is 23.2 Å². The van der Waals surface area contributed by atoms with Crippen molar-refractivity contribution in [3.63, 3.8) is 0 Å². The lowest BCUT2D eigenvalue weighted by Gasteiger charge is -2.31. The summed E-state index contributed by atoms with van der Waals surface area (Å²) in [5, 5.41) is 9.20. The molecule has 0 aliphatic carbocycles. The standard InChI is InChI=1S/C23H24N4O3S/c1-4-19(28)27-17-13-9-7-11-15(17)20-21(24-23(26-25-20)31-6-3)30-22(27)16-12-8-10-14-18(16)29-5-2/h7-14,22H,4-6H2,1-3H3. The monoisotopic (exact) mass is 436 g/mol. The molecular weight excluding hydrogens is 412 g/mol. The molecule has 4 rings (SSSR count). The topological polar surface area (TPSA) is 77.4 Å². The van der Waals surface area contributed by atoms with Crippen LogP contribution in [0.4, 0.5) is 5.69 Å². The first-order valence-corrected chi connectivity index (χ1v) is 11.3. The van der Waals surface area contributed by atoms with Crippen LogP contribution < -0.4 is 14.4 Å². The normalized spacial score (nSPS) is 14.8. The number of aromatic nitrogens is 3. The van der Waals surface area contributed by atoms with E-state index in [9.17, 15) is 4.79 Å². The molecular formula is C23H24N4O3S. The van der Waals surface area contributed by atoms with Crippen LogP contribution in [0.5, 0.6) is 11.6 Å². The number of fused-ring (bicyclic) bond motifs is 3. The van der Waals surface area contributed by atoms with Crippen molar-refractivity contribution in [2.24, 2.45) is 0 Å². The number of amides is 1. The quantitative estimate of drug-likeness (QED) is 0.510. The Morgan fingerprint density at radius 1 is 1.10 bits per heavy atom. The third-order valence-corrected chi connectivity index (χ3v) is 5.56. The SMILES string of the molecule is CCOc1ccccc1C1Oc2nc(SCC)nnc2-c2ccccc2N1C(=O)CC. The predicted molar refractivity (Wildman–Crippen MR) is 120 cm³/mol. The number of anilines is 1. The number of carbonyl (C=O) groups is 1. The van der Waals surface area contributed by atoms with E-state index in [4.69, 9.17) is 9.47 Å². The number of hydrogen-bond donors (Lipinski definition) is 0. The average molecular weight is 437 g/mol.